The van der Waals surface area contributed by atoms with Gasteiger partial charge in [-0.1, -0.05) is 139 Å². The van der Waals surface area contributed by atoms with E-state index in [0.717, 1.165) is 19.3 Å². The molecule has 4 rings (SSSR count). The Labute approximate surface area is 213 Å². The molecule has 180 valence electrons. The van der Waals surface area contributed by atoms with Gasteiger partial charge in [0.25, 0.3) is 0 Å². The molecule has 0 amide bonds. The van der Waals surface area contributed by atoms with Crippen LogP contribution in [-0.2, 0) is 30.1 Å². The van der Waals surface area contributed by atoms with E-state index in [-0.39, 0.29) is 10.8 Å². The molecule has 0 fully saturated rings. The van der Waals surface area contributed by atoms with Gasteiger partial charge in [-0.15, -0.1) is 0 Å². The molecule has 0 heteroatoms. The zero-order chi connectivity index (χ0) is 25.1. The van der Waals surface area contributed by atoms with E-state index in [1.807, 2.05) is 0 Å². The molecule has 0 aliphatic rings. The lowest BCUT2D eigenvalue weighted by molar-refractivity contribution is 0.590. The molecule has 0 saturated carbocycles. The standard InChI is InChI=1S/C35H40/c1-34(2,3)32-19-15-30(16-20-32)24-28-11-7-26(8-12-28)23-27-9-13-29(14-10-27)25-31-17-21-33(22-18-31)35(4,5)6/h7-22H,23-25H2,1-6H3. The molecular formula is C35H40. The second-order valence-corrected chi connectivity index (χ2v) is 12.1. The number of hydrogen-bond donors (Lipinski definition) is 0. The van der Waals surface area contributed by atoms with Gasteiger partial charge in [-0.25, -0.2) is 0 Å². The van der Waals surface area contributed by atoms with E-state index in [1.165, 1.54) is 44.5 Å². The predicted octanol–water partition coefficient (Wildman–Crippen LogP) is 9.05. The summed E-state index contributed by atoms with van der Waals surface area (Å²) in [7, 11) is 0. The van der Waals surface area contributed by atoms with Crippen LogP contribution in [0.3, 0.4) is 0 Å². The minimum atomic E-state index is 0.204. The van der Waals surface area contributed by atoms with Gasteiger partial charge in [0, 0.05) is 0 Å². The van der Waals surface area contributed by atoms with Crippen LogP contribution in [0.5, 0.6) is 0 Å². The van der Waals surface area contributed by atoms with E-state index in [1.54, 1.807) is 0 Å². The van der Waals surface area contributed by atoms with Crippen molar-refractivity contribution in [3.63, 3.8) is 0 Å². The molecule has 0 aliphatic carbocycles. The van der Waals surface area contributed by atoms with Crippen molar-refractivity contribution in [3.05, 3.63) is 142 Å². The van der Waals surface area contributed by atoms with Crippen LogP contribution in [0.15, 0.2) is 97.1 Å². The molecular weight excluding hydrogens is 420 g/mol. The Balaban J connectivity index is 1.33. The van der Waals surface area contributed by atoms with Crippen LogP contribution in [0.25, 0.3) is 0 Å². The Morgan fingerprint density at radius 2 is 0.486 bits per heavy atom. The van der Waals surface area contributed by atoms with Crippen LogP contribution in [0.1, 0.15) is 86.1 Å². The average molecular weight is 461 g/mol. The predicted molar refractivity (Wildman–Crippen MR) is 152 cm³/mol. The van der Waals surface area contributed by atoms with Gasteiger partial charge in [0.15, 0.2) is 0 Å². The normalized spacial score (nSPS) is 12.1. The molecule has 0 aliphatic heterocycles. The van der Waals surface area contributed by atoms with Gasteiger partial charge in [-0.2, -0.15) is 0 Å². The summed E-state index contributed by atoms with van der Waals surface area (Å²) in [4.78, 5) is 0. The lowest BCUT2D eigenvalue weighted by atomic mass is 9.86. The third kappa shape index (κ3) is 6.95. The van der Waals surface area contributed by atoms with Gasteiger partial charge >= 0.3 is 0 Å². The highest BCUT2D eigenvalue weighted by Crippen LogP contribution is 2.24. The Morgan fingerprint density at radius 3 is 0.657 bits per heavy atom. The van der Waals surface area contributed by atoms with Crippen LogP contribution >= 0.6 is 0 Å². The third-order valence-electron chi connectivity index (χ3n) is 6.91. The Morgan fingerprint density at radius 1 is 0.314 bits per heavy atom. The summed E-state index contributed by atoms with van der Waals surface area (Å²) in [6.45, 7) is 13.6. The first kappa shape index (κ1) is 25.0. The zero-order valence-corrected chi connectivity index (χ0v) is 22.4. The quantitative estimate of drug-likeness (QED) is 0.269. The molecule has 0 bridgehead atoms. The third-order valence-corrected chi connectivity index (χ3v) is 6.91. The van der Waals surface area contributed by atoms with Crippen molar-refractivity contribution in [2.24, 2.45) is 0 Å². The van der Waals surface area contributed by atoms with E-state index < -0.39 is 0 Å². The summed E-state index contributed by atoms with van der Waals surface area (Å²) in [6, 6.07) is 36.4. The van der Waals surface area contributed by atoms with Gasteiger partial charge in [0.05, 0.1) is 0 Å². The molecule has 0 N–H and O–H groups in total. The molecule has 0 radical (unpaired) electrons. The molecule has 0 unspecified atom stereocenters. The topological polar surface area (TPSA) is 0 Å². The van der Waals surface area contributed by atoms with Crippen LogP contribution in [0.2, 0.25) is 0 Å². The second-order valence-electron chi connectivity index (χ2n) is 12.1. The lowest BCUT2D eigenvalue weighted by Crippen LogP contribution is -2.10. The zero-order valence-electron chi connectivity index (χ0n) is 22.4. The Hall–Kier alpha value is -3.12. The first-order valence-electron chi connectivity index (χ1n) is 12.9. The summed E-state index contributed by atoms with van der Waals surface area (Å²) >= 11 is 0. The smallest absolute Gasteiger partial charge is 0.00258 e. The van der Waals surface area contributed by atoms with Crippen molar-refractivity contribution in [3.8, 4) is 0 Å². The number of rotatable bonds is 6. The van der Waals surface area contributed by atoms with Crippen molar-refractivity contribution < 1.29 is 0 Å². The van der Waals surface area contributed by atoms with Crippen molar-refractivity contribution in [1.29, 1.82) is 0 Å². The molecule has 4 aromatic carbocycles. The van der Waals surface area contributed by atoms with E-state index in [4.69, 9.17) is 0 Å². The van der Waals surface area contributed by atoms with Crippen molar-refractivity contribution in [2.45, 2.75) is 71.6 Å². The molecule has 0 heterocycles. The Bertz CT molecular complexity index is 1110. The molecule has 35 heavy (non-hydrogen) atoms. The molecule has 0 saturated heterocycles. The lowest BCUT2D eigenvalue weighted by Gasteiger charge is -2.19. The van der Waals surface area contributed by atoms with Gasteiger partial charge in [-0.3, -0.25) is 0 Å². The maximum Gasteiger partial charge on any atom is -0.00258 e. The maximum atomic E-state index is 2.28. The summed E-state index contributed by atoms with van der Waals surface area (Å²) in [5.74, 6) is 0. The van der Waals surface area contributed by atoms with Crippen LogP contribution in [-0.4, -0.2) is 0 Å². The van der Waals surface area contributed by atoms with Gasteiger partial charge in [-0.05, 0) is 74.6 Å². The molecule has 0 atom stereocenters. The van der Waals surface area contributed by atoms with Crippen LogP contribution in [0, 0.1) is 0 Å². The summed E-state index contributed by atoms with van der Waals surface area (Å²) in [6.07, 6.45) is 2.94. The fourth-order valence-corrected chi connectivity index (χ4v) is 4.50. The van der Waals surface area contributed by atoms with E-state index in [9.17, 15) is 0 Å². The molecule has 0 spiro atoms. The van der Waals surface area contributed by atoms with Crippen molar-refractivity contribution >= 4 is 0 Å². The first-order valence-corrected chi connectivity index (χ1v) is 12.9. The van der Waals surface area contributed by atoms with Crippen LogP contribution < -0.4 is 0 Å². The van der Waals surface area contributed by atoms with E-state index in [2.05, 4.69) is 139 Å². The maximum absolute atomic E-state index is 2.28. The SMILES string of the molecule is CC(C)(C)c1ccc(Cc2ccc(Cc3ccc(Cc4ccc(C(C)(C)C)cc4)cc3)cc2)cc1. The number of hydrogen-bond acceptors (Lipinski definition) is 0. The van der Waals surface area contributed by atoms with Gasteiger partial charge < -0.3 is 0 Å². The molecule has 0 nitrogen and oxygen atoms in total. The van der Waals surface area contributed by atoms with Crippen molar-refractivity contribution in [2.75, 3.05) is 0 Å². The minimum Gasteiger partial charge on any atom is -0.0584 e. The summed E-state index contributed by atoms with van der Waals surface area (Å²) in [5.41, 5.74) is 11.4. The minimum absolute atomic E-state index is 0.204. The first-order chi connectivity index (χ1) is 16.6. The fraction of sp³-hybridized carbons (Fsp3) is 0.314. The fourth-order valence-electron chi connectivity index (χ4n) is 4.50. The Kier molecular flexibility index (Phi) is 7.31. The molecule has 4 aromatic rings. The van der Waals surface area contributed by atoms with Crippen LogP contribution in [0.4, 0.5) is 0 Å². The highest BCUT2D eigenvalue weighted by molar-refractivity contribution is 5.36. The van der Waals surface area contributed by atoms with Crippen molar-refractivity contribution in [1.82, 2.24) is 0 Å². The largest absolute Gasteiger partial charge is 0.0584 e. The second kappa shape index (κ2) is 10.2. The van der Waals surface area contributed by atoms with E-state index >= 15 is 0 Å². The monoisotopic (exact) mass is 460 g/mol. The number of benzene rings is 4. The van der Waals surface area contributed by atoms with E-state index in [0.29, 0.717) is 0 Å². The highest BCUT2D eigenvalue weighted by Gasteiger charge is 2.13. The van der Waals surface area contributed by atoms with Gasteiger partial charge in [0.2, 0.25) is 0 Å². The molecule has 0 aromatic heterocycles. The average Bonchev–Trinajstić information content (AvgIpc) is 2.81. The highest BCUT2D eigenvalue weighted by atomic mass is 14.2. The summed E-state index contributed by atoms with van der Waals surface area (Å²) < 4.78 is 0. The van der Waals surface area contributed by atoms with Gasteiger partial charge in [0.1, 0.15) is 0 Å². The summed E-state index contributed by atoms with van der Waals surface area (Å²) in [5, 5.41) is 0.